The van der Waals surface area contributed by atoms with Crippen molar-refractivity contribution >= 4 is 93.6 Å². The van der Waals surface area contributed by atoms with E-state index in [0.717, 1.165) is 78.3 Å². The molecular weight excluding hydrogens is 2940 g/mol. The molecule has 2 aliphatic rings. The van der Waals surface area contributed by atoms with E-state index in [-0.39, 0.29) is 189 Å². The number of aliphatic hydroxyl groups is 4. The monoisotopic (exact) mass is 3040 g/mol. The number of nitrogens with zero attached hydrogens (tertiary/aromatic N) is 8. The van der Waals surface area contributed by atoms with Gasteiger partial charge in [-0.25, -0.2) is 8.78 Å². The van der Waals surface area contributed by atoms with Crippen molar-refractivity contribution in [1.82, 2.24) is 39.9 Å². The number of benzene rings is 12. The number of Topliss-reactive ketones (excluding diaryl/α,β-unsaturated/α-hetero) is 2. The van der Waals surface area contributed by atoms with Crippen LogP contribution in [0.1, 0.15) is 78.9 Å². The summed E-state index contributed by atoms with van der Waals surface area (Å²) in [7, 11) is 0. The Hall–Kier alpha value is -14.3. The van der Waals surface area contributed by atoms with Crippen LogP contribution >= 0.6 is 0 Å². The van der Waals surface area contributed by atoms with Crippen molar-refractivity contribution in [2.45, 2.75) is 73.7 Å². The molecule has 149 heavy (non-hydrogen) atoms. The summed E-state index contributed by atoms with van der Waals surface area (Å²) in [6.45, 7) is 9.85. The molecule has 0 saturated carbocycles. The Balaban J connectivity index is 0.000000252. The molecule has 0 fully saturated rings. The second-order valence-corrected chi connectivity index (χ2v) is 32.1. The van der Waals surface area contributed by atoms with Crippen LogP contribution < -0.4 is 0 Å². The van der Waals surface area contributed by atoms with Crippen molar-refractivity contribution in [2.75, 3.05) is 0 Å². The fraction of sp³-hybridized carbons (Fsp3) is 0.0887. The standard InChI is InChI=1S/C16H8F2N.4C15H10N.C14H9N2.C11H8N.C8H10O3.3C5H8O2.6Ir/c17-16(18)12-6-2-1-5-11(12)15-14-10(8-9-19-15)4-3-7-13(14)16;3*1-2-7-13(8-3-1)15-14-9-5-4-6-12(14)10-11-16-15;1-2-6-12(7-3-1)15-10-13-8-4-5-9-14(13)11-16-15;1-2-4-13-11(3-1)7-10-16-14(13)12-5-8-15-9-6-12;1-2-6-10(7-3-1)11-8-4-5-9-12-11;1-5(9)8-6(10)3-2-4-7(8)11;3*1-4(6)3-5(2)7;;;;;;/h1-4,6-9H;3*1-7,9-11H;1-6,8-11H;1-5,7-10H;1-6,8-9H;10H,2-4H2,1H3;3*3,6H,1-2H3;;;;;;/q7*-1;;;;;;;;;;. The van der Waals surface area contributed by atoms with Crippen molar-refractivity contribution in [2.24, 2.45) is 0 Å². The molecule has 25 heteroatoms. The number of aromatic nitrogens is 8. The molecule has 12 aromatic carbocycles. The zero-order valence-electron chi connectivity index (χ0n) is 81.5. The largest absolute Gasteiger partial charge is 0.512 e. The van der Waals surface area contributed by atoms with E-state index in [4.69, 9.17) is 20.4 Å². The van der Waals surface area contributed by atoms with Crippen molar-refractivity contribution in [3.63, 3.8) is 0 Å². The van der Waals surface area contributed by atoms with E-state index in [2.05, 4.69) is 149 Å². The maximum absolute atomic E-state index is 14.6. The molecule has 17 nitrogen and oxygen atoms in total. The summed E-state index contributed by atoms with van der Waals surface area (Å²) in [5.41, 5.74) is 13.1. The van der Waals surface area contributed by atoms with Gasteiger partial charge in [0.25, 0.3) is 5.92 Å². The molecule has 0 amide bonds. The van der Waals surface area contributed by atoms with Gasteiger partial charge in [0.2, 0.25) is 0 Å². The first-order valence-corrected chi connectivity index (χ1v) is 45.6. The zero-order chi connectivity index (χ0) is 101. The quantitative estimate of drug-likeness (QED) is 0.0429. The maximum atomic E-state index is 14.6. The van der Waals surface area contributed by atoms with E-state index in [9.17, 15) is 32.8 Å². The Morgan fingerprint density at radius 1 is 0.315 bits per heavy atom. The number of carbonyl (C=O) groups is 5. The molecule has 0 saturated heterocycles. The minimum absolute atomic E-state index is 0. The van der Waals surface area contributed by atoms with Crippen LogP contribution in [0.5, 0.6) is 0 Å². The Bertz CT molecular complexity index is 7240. The van der Waals surface area contributed by atoms with Crippen molar-refractivity contribution in [3.05, 3.63) is 496 Å². The first-order chi connectivity index (χ1) is 69.4. The third-order valence-corrected chi connectivity index (χ3v) is 21.3. The van der Waals surface area contributed by atoms with Gasteiger partial charge in [-0.3, -0.25) is 29.0 Å². The van der Waals surface area contributed by atoms with Crippen LogP contribution in [0.4, 0.5) is 8.78 Å². The molecule has 2 aliphatic carbocycles. The maximum Gasteiger partial charge on any atom is 0.266 e. The van der Waals surface area contributed by atoms with E-state index in [1.165, 1.54) is 127 Å². The zero-order valence-corrected chi connectivity index (χ0v) is 95.9. The number of aliphatic hydroxyl groups excluding tert-OH is 4. The molecule has 20 aromatic rings. The fourth-order valence-corrected chi connectivity index (χ4v) is 15.1. The van der Waals surface area contributed by atoms with E-state index in [0.29, 0.717) is 35.9 Å². The summed E-state index contributed by atoms with van der Waals surface area (Å²) in [6, 6.07) is 132. The average Bonchev–Trinajstić information content (AvgIpc) is 0.720. The predicted molar refractivity (Wildman–Crippen MR) is 566 cm³/mol. The molecule has 22 rings (SSSR count). The summed E-state index contributed by atoms with van der Waals surface area (Å²) in [5.74, 6) is -3.77. The first kappa shape index (κ1) is 123. The van der Waals surface area contributed by atoms with E-state index in [1.807, 2.05) is 268 Å². The van der Waals surface area contributed by atoms with Crippen LogP contribution in [0.25, 0.3) is 143 Å². The molecule has 0 aliphatic heterocycles. The van der Waals surface area contributed by atoms with E-state index in [1.54, 1.807) is 49.1 Å². The number of hydrogen-bond donors (Lipinski definition) is 4. The molecule has 8 heterocycles. The summed E-state index contributed by atoms with van der Waals surface area (Å²) in [4.78, 5) is 86.5. The number of carbonyl (C=O) groups excluding carboxylic acids is 5. The first-order valence-electron chi connectivity index (χ1n) is 45.6. The normalized spacial score (nSPS) is 11.4. The Kier molecular flexibility index (Phi) is 53.0. The molecule has 0 bridgehead atoms. The summed E-state index contributed by atoms with van der Waals surface area (Å²) >= 11 is 0. The van der Waals surface area contributed by atoms with Crippen LogP contribution in [0.2, 0.25) is 0 Å². The SMILES string of the molecule is CC(=O)C1=C(O)CCCC1=O.CC(=O)C=C(C)O.CC(=O)C=C(C)O.CC(=O)C=C(C)O.FC1(F)c2ccc[c-]c2-c2nccc3cccc1c23.[Ir].[Ir].[Ir].[Ir].[Ir].[Ir].[c-]1ccccc1-c1cc2ccccc2cn1.[c-]1ccccc1-c1ccccn1.[c-]1ccccc1-c1nccc2ccccc12.[c-]1ccccc1-c1nccc2ccccc12.[c-]1ccccc1-c1nccc2ccccc12.[c-]1cnccc1-c1nccc2ccccc12. The van der Waals surface area contributed by atoms with Gasteiger partial charge in [0, 0.05) is 201 Å². The summed E-state index contributed by atoms with van der Waals surface area (Å²) in [5, 5.41) is 47.4. The minimum Gasteiger partial charge on any atom is -0.512 e. The average molecular weight is 3040 g/mol. The van der Waals surface area contributed by atoms with E-state index >= 15 is 0 Å². The number of alkyl halides is 2. The molecule has 0 spiro atoms. The molecule has 764 valence electrons. The van der Waals surface area contributed by atoms with Gasteiger partial charge in [0.05, 0.1) is 22.9 Å². The second kappa shape index (κ2) is 64.0. The van der Waals surface area contributed by atoms with Gasteiger partial charge in [-0.2, -0.15) is 11.6 Å². The molecule has 6 radical (unpaired) electrons. The number of pyridine rings is 8. The van der Waals surface area contributed by atoms with Gasteiger partial charge in [-0.1, -0.05) is 163 Å². The third-order valence-electron chi connectivity index (χ3n) is 21.3. The molecule has 0 atom stereocenters. The van der Waals surface area contributed by atoms with Crippen molar-refractivity contribution < 1.29 is 174 Å². The molecule has 8 aromatic heterocycles. The molecular formula is C124H99F2Ir6N8O9-7. The van der Waals surface area contributed by atoms with Gasteiger partial charge in [-0.05, 0) is 208 Å². The predicted octanol–water partition coefficient (Wildman–Crippen LogP) is 28.8. The number of halogens is 2. The topological polar surface area (TPSA) is 269 Å². The van der Waals surface area contributed by atoms with Gasteiger partial charge < -0.3 is 55.3 Å². The smallest absolute Gasteiger partial charge is 0.266 e. The number of hydrogen-bond acceptors (Lipinski definition) is 17. The molecule has 4 N–H and O–H groups in total. The third kappa shape index (κ3) is 36.9. The van der Waals surface area contributed by atoms with Crippen LogP contribution in [0, 0.1) is 42.5 Å². The van der Waals surface area contributed by atoms with E-state index < -0.39 is 5.92 Å². The van der Waals surface area contributed by atoms with Crippen LogP contribution in [0.3, 0.4) is 0 Å². The number of ketones is 5. The summed E-state index contributed by atoms with van der Waals surface area (Å²) in [6.07, 6.45) is 21.1. The number of rotatable bonds is 10. The van der Waals surface area contributed by atoms with Gasteiger partial charge in [0.1, 0.15) is 5.76 Å². The Morgan fingerprint density at radius 3 is 1.02 bits per heavy atom. The molecule has 0 unspecified atom stereocenters. The van der Waals surface area contributed by atoms with Crippen molar-refractivity contribution in [3.8, 4) is 78.8 Å². The van der Waals surface area contributed by atoms with Gasteiger partial charge >= 0.3 is 0 Å². The number of fused-ring (bicyclic) bond motifs is 7. The van der Waals surface area contributed by atoms with Gasteiger partial charge in [0.15, 0.2) is 28.9 Å². The second-order valence-electron chi connectivity index (χ2n) is 32.1. The van der Waals surface area contributed by atoms with Crippen LogP contribution in [0.15, 0.2) is 442 Å². The Labute approximate surface area is 946 Å². The number of allylic oxidation sites excluding steroid dienone is 8. The van der Waals surface area contributed by atoms with Crippen molar-refractivity contribution in [1.29, 1.82) is 0 Å². The summed E-state index contributed by atoms with van der Waals surface area (Å²) < 4.78 is 29.2. The minimum atomic E-state index is -3.00. The van der Waals surface area contributed by atoms with Crippen LogP contribution in [-0.4, -0.2) is 89.2 Å². The van der Waals surface area contributed by atoms with Gasteiger partial charge in [-0.15, -0.1) is 215 Å². The Morgan fingerprint density at radius 2 is 0.664 bits per heavy atom. The van der Waals surface area contributed by atoms with Crippen LogP contribution in [-0.2, 0) is 151 Å². The fourth-order valence-electron chi connectivity index (χ4n) is 15.1.